The van der Waals surface area contributed by atoms with E-state index in [1.165, 1.54) is 27.4 Å². The van der Waals surface area contributed by atoms with E-state index in [1.54, 1.807) is 0 Å². The first-order valence-electron chi connectivity index (χ1n) is 17.2. The van der Waals surface area contributed by atoms with Gasteiger partial charge in [-0.15, -0.1) is 0 Å². The lowest BCUT2D eigenvalue weighted by atomic mass is 9.98. The van der Waals surface area contributed by atoms with Crippen molar-refractivity contribution >= 4 is 51.2 Å². The summed E-state index contributed by atoms with van der Waals surface area (Å²) >= 11 is 0. The Kier molecular flexibility index (Phi) is 7.48. The molecule has 242 valence electrons. The van der Waals surface area contributed by atoms with Gasteiger partial charge in [0.1, 0.15) is 5.82 Å². The molecule has 3 aromatic heterocycles. The SMILES string of the molecule is C=Nc1c(/C=C\C)n(-c2cc(-c3ccccc3)cc(-c3ccccc3)n2)c2cc(-c3cccc4c3c3ccccc3n4-c3ccccc3)ccc12. The van der Waals surface area contributed by atoms with Crippen LogP contribution >= 0.6 is 0 Å². The minimum atomic E-state index is 0.819. The van der Waals surface area contributed by atoms with Crippen molar-refractivity contribution in [2.45, 2.75) is 6.92 Å². The molecule has 9 aromatic rings. The Labute approximate surface area is 296 Å². The normalized spacial score (nSPS) is 11.6. The highest BCUT2D eigenvalue weighted by atomic mass is 15.1. The fourth-order valence-corrected chi connectivity index (χ4v) is 7.48. The third kappa shape index (κ3) is 5.08. The Balaban J connectivity index is 1.34. The summed E-state index contributed by atoms with van der Waals surface area (Å²) < 4.78 is 4.61. The molecular formula is C47H34N4. The van der Waals surface area contributed by atoms with Crippen LogP contribution in [-0.4, -0.2) is 20.8 Å². The van der Waals surface area contributed by atoms with E-state index in [2.05, 4.69) is 191 Å². The molecular weight excluding hydrogens is 621 g/mol. The first-order valence-corrected chi connectivity index (χ1v) is 17.2. The third-order valence-corrected chi connectivity index (χ3v) is 9.70. The summed E-state index contributed by atoms with van der Waals surface area (Å²) in [6, 6.07) is 57.9. The first-order chi connectivity index (χ1) is 25.2. The lowest BCUT2D eigenvalue weighted by Gasteiger charge is -2.14. The summed E-state index contributed by atoms with van der Waals surface area (Å²) in [5.41, 5.74) is 12.8. The van der Waals surface area contributed by atoms with Crippen LogP contribution < -0.4 is 0 Å². The number of pyridine rings is 1. The average molecular weight is 655 g/mol. The predicted molar refractivity (Wildman–Crippen MR) is 216 cm³/mol. The fraction of sp³-hybridized carbons (Fsp3) is 0.0213. The van der Waals surface area contributed by atoms with Crippen LogP contribution in [0, 0.1) is 0 Å². The largest absolute Gasteiger partial charge is 0.309 e. The quantitative estimate of drug-likeness (QED) is 0.158. The van der Waals surface area contributed by atoms with Gasteiger partial charge >= 0.3 is 0 Å². The van der Waals surface area contributed by atoms with Gasteiger partial charge < -0.3 is 4.57 Å². The Bertz CT molecular complexity index is 2690. The number of para-hydroxylation sites is 2. The molecule has 0 unspecified atom stereocenters. The van der Waals surface area contributed by atoms with Crippen molar-refractivity contribution in [1.29, 1.82) is 0 Å². The van der Waals surface area contributed by atoms with Gasteiger partial charge in [0.15, 0.2) is 0 Å². The summed E-state index contributed by atoms with van der Waals surface area (Å²) in [6.45, 7) is 6.06. The van der Waals surface area contributed by atoms with E-state index in [4.69, 9.17) is 4.98 Å². The number of aromatic nitrogens is 3. The van der Waals surface area contributed by atoms with Crippen molar-refractivity contribution in [3.05, 3.63) is 176 Å². The molecule has 0 N–H and O–H groups in total. The van der Waals surface area contributed by atoms with Crippen molar-refractivity contribution in [2.24, 2.45) is 4.99 Å². The van der Waals surface area contributed by atoms with Crippen LogP contribution in [-0.2, 0) is 0 Å². The number of hydrogen-bond acceptors (Lipinski definition) is 2. The van der Waals surface area contributed by atoms with Gasteiger partial charge in [0, 0.05) is 27.4 Å². The molecule has 3 heterocycles. The topological polar surface area (TPSA) is 35.1 Å². The standard InChI is InChI=1S/C47H34N4/c1-3-16-43-47(48-2)39-28-27-34(37-24-15-26-42-46(37)38-23-13-14-25-41(38)50(42)36-21-11-6-12-22-36)30-44(39)51(43)45-31-35(32-17-7-4-8-18-32)29-40(49-45)33-19-9-5-10-20-33/h3-31H,2H2,1H3/b16-3-. The maximum atomic E-state index is 5.33. The summed E-state index contributed by atoms with van der Waals surface area (Å²) in [7, 11) is 0. The highest BCUT2D eigenvalue weighted by molar-refractivity contribution is 6.16. The molecule has 0 fully saturated rings. The van der Waals surface area contributed by atoms with Crippen LogP contribution in [0.1, 0.15) is 12.6 Å². The Hall–Kier alpha value is -6.78. The van der Waals surface area contributed by atoms with Gasteiger partial charge in [0.2, 0.25) is 0 Å². The number of rotatable bonds is 7. The van der Waals surface area contributed by atoms with E-state index in [9.17, 15) is 0 Å². The minimum absolute atomic E-state index is 0.819. The Morgan fingerprint density at radius 1 is 0.549 bits per heavy atom. The molecule has 0 aliphatic carbocycles. The van der Waals surface area contributed by atoms with Crippen LogP contribution in [0.5, 0.6) is 0 Å². The van der Waals surface area contributed by atoms with Gasteiger partial charge in [0.25, 0.3) is 0 Å². The van der Waals surface area contributed by atoms with Crippen LogP contribution in [0.2, 0.25) is 0 Å². The summed E-state index contributed by atoms with van der Waals surface area (Å²) in [4.78, 5) is 9.94. The molecule has 4 heteroatoms. The van der Waals surface area contributed by atoms with E-state index < -0.39 is 0 Å². The number of hydrogen-bond donors (Lipinski definition) is 0. The highest BCUT2D eigenvalue weighted by Gasteiger charge is 2.21. The second-order valence-corrected chi connectivity index (χ2v) is 12.7. The molecule has 0 atom stereocenters. The molecule has 0 aliphatic heterocycles. The number of nitrogens with zero attached hydrogens (tertiary/aromatic N) is 4. The van der Waals surface area contributed by atoms with Gasteiger partial charge in [-0.2, -0.15) is 0 Å². The van der Waals surface area contributed by atoms with Crippen molar-refractivity contribution in [3.8, 4) is 45.0 Å². The van der Waals surface area contributed by atoms with E-state index in [0.717, 1.165) is 61.7 Å². The fourth-order valence-electron chi connectivity index (χ4n) is 7.48. The molecule has 0 saturated carbocycles. The van der Waals surface area contributed by atoms with Gasteiger partial charge in [-0.1, -0.05) is 121 Å². The molecule has 4 nitrogen and oxygen atoms in total. The second-order valence-electron chi connectivity index (χ2n) is 12.7. The third-order valence-electron chi connectivity index (χ3n) is 9.70. The van der Waals surface area contributed by atoms with Crippen LogP contribution in [0.3, 0.4) is 0 Å². The molecule has 6 aromatic carbocycles. The predicted octanol–water partition coefficient (Wildman–Crippen LogP) is 12.5. The zero-order valence-electron chi connectivity index (χ0n) is 28.2. The average Bonchev–Trinajstić information content (AvgIpc) is 3.70. The number of fused-ring (bicyclic) bond motifs is 4. The molecule has 0 saturated heterocycles. The summed E-state index contributed by atoms with van der Waals surface area (Å²) in [6.07, 6.45) is 4.16. The van der Waals surface area contributed by atoms with Crippen LogP contribution in [0.25, 0.3) is 83.8 Å². The van der Waals surface area contributed by atoms with Gasteiger partial charge in [-0.05, 0) is 90.5 Å². The van der Waals surface area contributed by atoms with E-state index >= 15 is 0 Å². The summed E-state index contributed by atoms with van der Waals surface area (Å²) in [5, 5.41) is 3.46. The number of benzene rings is 6. The Morgan fingerprint density at radius 3 is 1.98 bits per heavy atom. The van der Waals surface area contributed by atoms with E-state index in [-0.39, 0.29) is 0 Å². The summed E-state index contributed by atoms with van der Waals surface area (Å²) in [5.74, 6) is 0.819. The molecule has 9 rings (SSSR count). The number of allylic oxidation sites excluding steroid dienone is 1. The molecule has 0 spiro atoms. The van der Waals surface area contributed by atoms with Crippen molar-refractivity contribution < 1.29 is 0 Å². The second kappa shape index (κ2) is 12.6. The van der Waals surface area contributed by atoms with Gasteiger partial charge in [-0.25, -0.2) is 4.98 Å². The smallest absolute Gasteiger partial charge is 0.138 e. The monoisotopic (exact) mass is 654 g/mol. The maximum absolute atomic E-state index is 5.33. The lowest BCUT2D eigenvalue weighted by Crippen LogP contribution is -2.02. The molecule has 0 amide bonds. The molecule has 0 bridgehead atoms. The van der Waals surface area contributed by atoms with Gasteiger partial charge in [-0.3, -0.25) is 9.56 Å². The number of aliphatic imine (C=N–C) groups is 1. The lowest BCUT2D eigenvalue weighted by molar-refractivity contribution is 1.03. The van der Waals surface area contributed by atoms with Crippen molar-refractivity contribution in [1.82, 2.24) is 14.1 Å². The van der Waals surface area contributed by atoms with E-state index in [1.807, 2.05) is 13.0 Å². The molecule has 0 radical (unpaired) electrons. The zero-order valence-corrected chi connectivity index (χ0v) is 28.2. The highest BCUT2D eigenvalue weighted by Crippen LogP contribution is 2.43. The van der Waals surface area contributed by atoms with Crippen molar-refractivity contribution in [2.75, 3.05) is 0 Å². The minimum Gasteiger partial charge on any atom is -0.309 e. The van der Waals surface area contributed by atoms with Gasteiger partial charge in [0.05, 0.1) is 33.6 Å². The van der Waals surface area contributed by atoms with E-state index in [0.29, 0.717) is 0 Å². The van der Waals surface area contributed by atoms with Crippen LogP contribution in [0.4, 0.5) is 5.69 Å². The first kappa shape index (κ1) is 30.3. The Morgan fingerprint density at radius 2 is 1.24 bits per heavy atom. The molecule has 0 aliphatic rings. The van der Waals surface area contributed by atoms with Crippen molar-refractivity contribution in [3.63, 3.8) is 0 Å². The zero-order chi connectivity index (χ0) is 34.3. The maximum Gasteiger partial charge on any atom is 0.138 e. The van der Waals surface area contributed by atoms with Crippen LogP contribution in [0.15, 0.2) is 175 Å². The molecule has 51 heavy (non-hydrogen) atoms.